The van der Waals surface area contributed by atoms with Gasteiger partial charge in [0.2, 0.25) is 0 Å². The van der Waals surface area contributed by atoms with E-state index >= 15 is 0 Å². The third-order valence-corrected chi connectivity index (χ3v) is 6.47. The topological polar surface area (TPSA) is 74.8 Å². The molecule has 6 nitrogen and oxygen atoms in total. The van der Waals surface area contributed by atoms with Crippen molar-refractivity contribution in [1.82, 2.24) is 9.80 Å². The Kier molecular flexibility index (Phi) is 6.58. The Labute approximate surface area is 183 Å². The van der Waals surface area contributed by atoms with Crippen LogP contribution in [0.15, 0.2) is 40.5 Å². The average molecular weight is 423 g/mol. The molecule has 164 valence electrons. The van der Waals surface area contributed by atoms with E-state index in [1.165, 1.54) is 26.5 Å². The molecule has 0 radical (unpaired) electrons. The molecule has 0 saturated carbocycles. The number of amides is 4. The van der Waals surface area contributed by atoms with Crippen LogP contribution in [0.25, 0.3) is 0 Å². The molecule has 6 heteroatoms. The number of aryl methyl sites for hydroxylation is 3. The molecule has 0 unspecified atom stereocenters. The molecular formula is C25H30N2O4. The zero-order valence-electron chi connectivity index (χ0n) is 19.0. The number of rotatable bonds is 8. The van der Waals surface area contributed by atoms with Gasteiger partial charge in [0.25, 0.3) is 23.6 Å². The zero-order valence-corrected chi connectivity index (χ0v) is 19.0. The van der Waals surface area contributed by atoms with Crippen molar-refractivity contribution in [1.29, 1.82) is 0 Å². The predicted molar refractivity (Wildman–Crippen MR) is 118 cm³/mol. The van der Waals surface area contributed by atoms with E-state index in [1.807, 2.05) is 0 Å². The SMILES string of the molecule is CC1=C(C)C(=O)N(CCCc2ccc(CCCN3C(=O)C(C)=C(C)C3=O)c(C)c2)C1=O. The van der Waals surface area contributed by atoms with E-state index in [0.29, 0.717) is 35.4 Å². The number of carbonyl (C=O) groups is 4. The Bertz CT molecular complexity index is 984. The third kappa shape index (κ3) is 4.38. The minimum atomic E-state index is -0.176. The quantitative estimate of drug-likeness (QED) is 0.603. The van der Waals surface area contributed by atoms with Gasteiger partial charge in [0.1, 0.15) is 0 Å². The fourth-order valence-corrected chi connectivity index (χ4v) is 4.10. The molecule has 0 atom stereocenters. The summed E-state index contributed by atoms with van der Waals surface area (Å²) in [5.74, 6) is -0.704. The lowest BCUT2D eigenvalue weighted by Crippen LogP contribution is -2.32. The van der Waals surface area contributed by atoms with Crippen molar-refractivity contribution in [2.75, 3.05) is 13.1 Å². The molecule has 2 aliphatic heterocycles. The molecule has 4 amide bonds. The molecule has 0 saturated heterocycles. The summed E-state index contributed by atoms with van der Waals surface area (Å²) in [7, 11) is 0. The van der Waals surface area contributed by atoms with Gasteiger partial charge in [0.15, 0.2) is 0 Å². The maximum absolute atomic E-state index is 12.2. The van der Waals surface area contributed by atoms with Crippen molar-refractivity contribution in [2.24, 2.45) is 0 Å². The fraction of sp³-hybridized carbons (Fsp3) is 0.440. The maximum Gasteiger partial charge on any atom is 0.256 e. The lowest BCUT2D eigenvalue weighted by atomic mass is 9.99. The van der Waals surface area contributed by atoms with Gasteiger partial charge in [-0.2, -0.15) is 0 Å². The van der Waals surface area contributed by atoms with Crippen LogP contribution in [0.4, 0.5) is 0 Å². The summed E-state index contributed by atoms with van der Waals surface area (Å²) < 4.78 is 0. The highest BCUT2D eigenvalue weighted by Gasteiger charge is 2.33. The van der Waals surface area contributed by atoms with E-state index in [9.17, 15) is 19.2 Å². The zero-order chi connectivity index (χ0) is 22.9. The molecule has 0 N–H and O–H groups in total. The molecule has 0 fully saturated rings. The normalized spacial score (nSPS) is 17.2. The number of nitrogens with zero attached hydrogens (tertiary/aromatic N) is 2. The van der Waals surface area contributed by atoms with Gasteiger partial charge in [0.05, 0.1) is 0 Å². The molecule has 1 aromatic carbocycles. The molecule has 3 rings (SSSR count). The summed E-state index contributed by atoms with van der Waals surface area (Å²) in [6, 6.07) is 6.31. The van der Waals surface area contributed by atoms with Crippen LogP contribution in [-0.2, 0) is 32.0 Å². The van der Waals surface area contributed by atoms with E-state index in [2.05, 4.69) is 25.1 Å². The van der Waals surface area contributed by atoms with Crippen molar-refractivity contribution < 1.29 is 19.2 Å². The highest BCUT2D eigenvalue weighted by atomic mass is 16.2. The first-order chi connectivity index (χ1) is 14.6. The van der Waals surface area contributed by atoms with E-state index < -0.39 is 0 Å². The Morgan fingerprint density at radius 3 is 1.45 bits per heavy atom. The van der Waals surface area contributed by atoms with E-state index in [4.69, 9.17) is 0 Å². The number of benzene rings is 1. The molecule has 1 aromatic rings. The standard InChI is InChI=1S/C25H30N2O4/c1-15-14-20(8-6-12-26-22(28)16(2)17(3)23(26)29)10-11-21(15)9-7-13-27-24(30)18(4)19(5)25(27)31/h10-11,14H,6-9,12-13H2,1-5H3. The van der Waals surface area contributed by atoms with Crippen molar-refractivity contribution >= 4 is 23.6 Å². The number of carbonyl (C=O) groups excluding carboxylic acids is 4. The van der Waals surface area contributed by atoms with Gasteiger partial charge < -0.3 is 0 Å². The van der Waals surface area contributed by atoms with Crippen LogP contribution < -0.4 is 0 Å². The van der Waals surface area contributed by atoms with Crippen LogP contribution in [0.2, 0.25) is 0 Å². The van der Waals surface area contributed by atoms with Gasteiger partial charge in [-0.25, -0.2) is 0 Å². The largest absolute Gasteiger partial charge is 0.275 e. The second kappa shape index (κ2) is 9.00. The molecule has 2 aliphatic rings. The minimum absolute atomic E-state index is 0.176. The van der Waals surface area contributed by atoms with Crippen LogP contribution in [0.5, 0.6) is 0 Å². The van der Waals surface area contributed by atoms with Gasteiger partial charge >= 0.3 is 0 Å². The Morgan fingerprint density at radius 1 is 0.613 bits per heavy atom. The minimum Gasteiger partial charge on any atom is -0.275 e. The summed E-state index contributed by atoms with van der Waals surface area (Å²) in [4.78, 5) is 51.3. The highest BCUT2D eigenvalue weighted by molar-refractivity contribution is 6.19. The summed E-state index contributed by atoms with van der Waals surface area (Å²) >= 11 is 0. The maximum atomic E-state index is 12.2. The molecule has 2 heterocycles. The van der Waals surface area contributed by atoms with Gasteiger partial charge in [-0.05, 0) is 77.0 Å². The molecule has 0 spiro atoms. The van der Waals surface area contributed by atoms with Gasteiger partial charge in [-0.15, -0.1) is 0 Å². The molecule has 31 heavy (non-hydrogen) atoms. The summed E-state index contributed by atoms with van der Waals surface area (Å²) in [6.07, 6.45) is 3.03. The number of hydrogen-bond acceptors (Lipinski definition) is 4. The Hall–Kier alpha value is -3.02. The summed E-state index contributed by atoms with van der Waals surface area (Å²) in [5.41, 5.74) is 5.72. The number of hydrogen-bond donors (Lipinski definition) is 0. The molecular weight excluding hydrogens is 392 g/mol. The summed E-state index contributed by atoms with van der Waals surface area (Å²) in [6.45, 7) is 9.72. The smallest absolute Gasteiger partial charge is 0.256 e. The monoisotopic (exact) mass is 422 g/mol. The van der Waals surface area contributed by atoms with Crippen LogP contribution in [0.3, 0.4) is 0 Å². The van der Waals surface area contributed by atoms with E-state index in [-0.39, 0.29) is 23.6 Å². The first-order valence-electron chi connectivity index (χ1n) is 10.8. The van der Waals surface area contributed by atoms with Crippen molar-refractivity contribution in [3.05, 3.63) is 57.2 Å². The molecule has 0 aromatic heterocycles. The van der Waals surface area contributed by atoms with Crippen LogP contribution in [0, 0.1) is 6.92 Å². The van der Waals surface area contributed by atoms with E-state index in [1.54, 1.807) is 27.7 Å². The van der Waals surface area contributed by atoms with Crippen molar-refractivity contribution in [3.8, 4) is 0 Å². The second-order valence-electron chi connectivity index (χ2n) is 8.49. The first kappa shape index (κ1) is 22.7. The van der Waals surface area contributed by atoms with Crippen molar-refractivity contribution in [2.45, 2.75) is 60.3 Å². The number of imide groups is 2. The molecule has 0 aliphatic carbocycles. The predicted octanol–water partition coefficient (Wildman–Crippen LogP) is 3.27. The Morgan fingerprint density at radius 2 is 1.03 bits per heavy atom. The Balaban J connectivity index is 1.48. The second-order valence-corrected chi connectivity index (χ2v) is 8.49. The van der Waals surface area contributed by atoms with Gasteiger partial charge in [-0.3, -0.25) is 29.0 Å². The third-order valence-electron chi connectivity index (χ3n) is 6.47. The van der Waals surface area contributed by atoms with Crippen LogP contribution in [0.1, 0.15) is 57.2 Å². The lowest BCUT2D eigenvalue weighted by molar-refractivity contribution is -0.139. The highest BCUT2D eigenvalue weighted by Crippen LogP contribution is 2.22. The first-order valence-corrected chi connectivity index (χ1v) is 10.8. The van der Waals surface area contributed by atoms with E-state index in [0.717, 1.165) is 25.7 Å². The lowest BCUT2D eigenvalue weighted by Gasteiger charge is -2.16. The summed E-state index contributed by atoms with van der Waals surface area (Å²) in [5, 5.41) is 0. The van der Waals surface area contributed by atoms with Gasteiger partial charge in [0, 0.05) is 35.4 Å². The van der Waals surface area contributed by atoms with Gasteiger partial charge in [-0.1, -0.05) is 18.2 Å². The molecule has 0 bridgehead atoms. The van der Waals surface area contributed by atoms with Crippen LogP contribution >= 0.6 is 0 Å². The fourth-order valence-electron chi connectivity index (χ4n) is 4.10. The van der Waals surface area contributed by atoms with Crippen molar-refractivity contribution in [3.63, 3.8) is 0 Å². The average Bonchev–Trinajstić information content (AvgIpc) is 3.04. The van der Waals surface area contributed by atoms with Crippen LogP contribution in [-0.4, -0.2) is 46.5 Å².